The molecule has 2 heterocycles. The first kappa shape index (κ1) is 15.8. The monoisotopic (exact) mass is 341 g/mol. The number of nitrogens with zero attached hydrogens (tertiary/aromatic N) is 3. The van der Waals surface area contributed by atoms with E-state index in [-0.39, 0.29) is 17.4 Å². The number of pyridine rings is 1. The van der Waals surface area contributed by atoms with Crippen molar-refractivity contribution >= 4 is 23.6 Å². The van der Waals surface area contributed by atoms with Crippen molar-refractivity contribution in [1.29, 1.82) is 0 Å². The quantitative estimate of drug-likeness (QED) is 0.740. The molecule has 0 unspecified atom stereocenters. The summed E-state index contributed by atoms with van der Waals surface area (Å²) in [4.78, 5) is 23.3. The maximum absolute atomic E-state index is 13.0. The smallest absolute Gasteiger partial charge is 0.283 e. The third-order valence-electron chi connectivity index (χ3n) is 4.00. The molecular weight excluding hydrogens is 326 g/mol. The molecule has 3 aromatic rings. The molecule has 1 amide bonds. The fraction of sp³-hybridized carbons (Fsp3) is 0. The fourth-order valence-corrected chi connectivity index (χ4v) is 2.75. The Kier molecular flexibility index (Phi) is 4.03. The van der Waals surface area contributed by atoms with Crippen LogP contribution in [0.25, 0.3) is 6.08 Å². The maximum atomic E-state index is 13.0. The predicted molar refractivity (Wildman–Crippen MR) is 101 cm³/mol. The summed E-state index contributed by atoms with van der Waals surface area (Å²) in [5.41, 5.74) is 1.60. The van der Waals surface area contributed by atoms with Gasteiger partial charge < -0.3 is 5.11 Å². The number of amidine groups is 1. The van der Waals surface area contributed by atoms with E-state index in [1.54, 1.807) is 48.7 Å². The molecule has 0 saturated carbocycles. The lowest BCUT2D eigenvalue weighted by Gasteiger charge is -2.17. The first-order valence-electron chi connectivity index (χ1n) is 8.13. The average molecular weight is 341 g/mol. The predicted octanol–water partition coefficient (Wildman–Crippen LogP) is 3.62. The number of hydrogen-bond acceptors (Lipinski definition) is 4. The molecule has 4 rings (SSSR count). The van der Waals surface area contributed by atoms with Crippen LogP contribution in [0, 0.1) is 0 Å². The van der Waals surface area contributed by atoms with Gasteiger partial charge in [0.15, 0.2) is 0 Å². The van der Waals surface area contributed by atoms with E-state index >= 15 is 0 Å². The summed E-state index contributed by atoms with van der Waals surface area (Å²) in [7, 11) is 0. The van der Waals surface area contributed by atoms with Gasteiger partial charge in [-0.05, 0) is 24.3 Å². The van der Waals surface area contributed by atoms with E-state index in [1.807, 2.05) is 36.4 Å². The first-order valence-corrected chi connectivity index (χ1v) is 8.13. The van der Waals surface area contributed by atoms with Crippen LogP contribution in [-0.4, -0.2) is 21.8 Å². The minimum absolute atomic E-state index is 0.0977. The number of carbonyl (C=O) groups excluding carboxylic acids is 1. The summed E-state index contributed by atoms with van der Waals surface area (Å²) in [6.45, 7) is 0. The number of rotatable bonds is 3. The van der Waals surface area contributed by atoms with E-state index in [2.05, 4.69) is 9.98 Å². The standard InChI is InChI=1S/C21H15N3O2/c25-18-11-5-4-10-16(18)14-17-21(26)24(19-12-6-7-13-22-19)20(23-17)15-8-2-1-3-9-15/h1-14,25H. The normalized spacial score (nSPS) is 15.4. The Morgan fingerprint density at radius 1 is 0.885 bits per heavy atom. The molecule has 2 aromatic carbocycles. The molecule has 1 aromatic heterocycles. The van der Waals surface area contributed by atoms with Crippen molar-refractivity contribution in [3.8, 4) is 5.75 Å². The van der Waals surface area contributed by atoms with Crippen LogP contribution >= 0.6 is 0 Å². The summed E-state index contributed by atoms with van der Waals surface area (Å²) < 4.78 is 0. The van der Waals surface area contributed by atoms with Crippen LogP contribution in [0.15, 0.2) is 89.7 Å². The highest BCUT2D eigenvalue weighted by atomic mass is 16.3. The fourth-order valence-electron chi connectivity index (χ4n) is 2.75. The third kappa shape index (κ3) is 2.86. The minimum Gasteiger partial charge on any atom is -0.507 e. The third-order valence-corrected chi connectivity index (χ3v) is 4.00. The lowest BCUT2D eigenvalue weighted by Crippen LogP contribution is -2.33. The molecular formula is C21H15N3O2. The Morgan fingerprint density at radius 2 is 1.62 bits per heavy atom. The molecule has 0 atom stereocenters. The molecule has 0 saturated heterocycles. The van der Waals surface area contributed by atoms with E-state index in [9.17, 15) is 9.90 Å². The molecule has 0 spiro atoms. The van der Waals surface area contributed by atoms with Crippen LogP contribution in [0.2, 0.25) is 0 Å². The van der Waals surface area contributed by atoms with Gasteiger partial charge in [0.1, 0.15) is 23.1 Å². The van der Waals surface area contributed by atoms with Gasteiger partial charge in [0, 0.05) is 17.3 Å². The highest BCUT2D eigenvalue weighted by Crippen LogP contribution is 2.28. The van der Waals surface area contributed by atoms with E-state index in [4.69, 9.17) is 0 Å². The second kappa shape index (κ2) is 6.64. The van der Waals surface area contributed by atoms with E-state index in [0.29, 0.717) is 17.2 Å². The number of aromatic hydroxyl groups is 1. The zero-order valence-corrected chi connectivity index (χ0v) is 13.8. The van der Waals surface area contributed by atoms with Gasteiger partial charge >= 0.3 is 0 Å². The Balaban J connectivity index is 1.84. The molecule has 0 radical (unpaired) electrons. The Labute approximate surface area is 150 Å². The van der Waals surface area contributed by atoms with Gasteiger partial charge in [0.2, 0.25) is 0 Å². The second-order valence-corrected chi connectivity index (χ2v) is 5.72. The van der Waals surface area contributed by atoms with E-state index in [1.165, 1.54) is 4.90 Å². The van der Waals surface area contributed by atoms with E-state index in [0.717, 1.165) is 5.56 Å². The molecule has 0 bridgehead atoms. The number of phenolic OH excluding ortho intramolecular Hbond substituents is 1. The van der Waals surface area contributed by atoms with Crippen LogP contribution in [0.4, 0.5) is 5.82 Å². The molecule has 0 fully saturated rings. The minimum atomic E-state index is -0.286. The van der Waals surface area contributed by atoms with Crippen molar-refractivity contribution in [2.24, 2.45) is 4.99 Å². The van der Waals surface area contributed by atoms with E-state index < -0.39 is 0 Å². The molecule has 1 N–H and O–H groups in total. The number of amides is 1. The zero-order valence-electron chi connectivity index (χ0n) is 13.8. The van der Waals surface area contributed by atoms with Crippen molar-refractivity contribution in [1.82, 2.24) is 4.98 Å². The van der Waals surface area contributed by atoms with Crippen LogP contribution < -0.4 is 4.90 Å². The molecule has 1 aliphatic rings. The Hall–Kier alpha value is -3.73. The number of benzene rings is 2. The second-order valence-electron chi connectivity index (χ2n) is 5.72. The van der Waals surface area contributed by atoms with Gasteiger partial charge in [-0.3, -0.25) is 4.79 Å². The average Bonchev–Trinajstić information content (AvgIpc) is 3.01. The summed E-state index contributed by atoms with van der Waals surface area (Å²) in [5, 5.41) is 9.99. The Morgan fingerprint density at radius 3 is 2.35 bits per heavy atom. The maximum Gasteiger partial charge on any atom is 0.283 e. The summed E-state index contributed by atoms with van der Waals surface area (Å²) >= 11 is 0. The van der Waals surface area contributed by atoms with Gasteiger partial charge in [0.05, 0.1) is 0 Å². The van der Waals surface area contributed by atoms with Gasteiger partial charge in [0.25, 0.3) is 5.91 Å². The molecule has 1 aliphatic heterocycles. The molecule has 0 aliphatic carbocycles. The number of para-hydroxylation sites is 1. The van der Waals surface area contributed by atoms with Crippen molar-refractivity contribution in [3.63, 3.8) is 0 Å². The Bertz CT molecular complexity index is 1010. The summed E-state index contributed by atoms with van der Waals surface area (Å²) in [5.74, 6) is 0.822. The van der Waals surface area contributed by atoms with Crippen molar-refractivity contribution in [2.75, 3.05) is 4.90 Å². The number of aliphatic imine (C=N–C) groups is 1. The van der Waals surface area contributed by atoms with Gasteiger partial charge in [-0.15, -0.1) is 0 Å². The largest absolute Gasteiger partial charge is 0.507 e. The highest BCUT2D eigenvalue weighted by molar-refractivity contribution is 6.32. The van der Waals surface area contributed by atoms with Crippen LogP contribution in [0.5, 0.6) is 5.75 Å². The lowest BCUT2D eigenvalue weighted by atomic mass is 10.1. The van der Waals surface area contributed by atoms with Gasteiger partial charge in [-0.25, -0.2) is 14.9 Å². The molecule has 5 nitrogen and oxygen atoms in total. The lowest BCUT2D eigenvalue weighted by molar-refractivity contribution is -0.113. The van der Waals surface area contributed by atoms with Gasteiger partial charge in [-0.1, -0.05) is 54.6 Å². The number of phenols is 1. The topological polar surface area (TPSA) is 65.8 Å². The van der Waals surface area contributed by atoms with Gasteiger partial charge in [-0.2, -0.15) is 0 Å². The van der Waals surface area contributed by atoms with Crippen LogP contribution in [-0.2, 0) is 4.79 Å². The summed E-state index contributed by atoms with van der Waals surface area (Å²) in [6.07, 6.45) is 3.22. The van der Waals surface area contributed by atoms with Crippen LogP contribution in [0.3, 0.4) is 0 Å². The van der Waals surface area contributed by atoms with Crippen molar-refractivity contribution in [2.45, 2.75) is 0 Å². The number of aromatic nitrogens is 1. The zero-order chi connectivity index (χ0) is 17.9. The van der Waals surface area contributed by atoms with Crippen molar-refractivity contribution in [3.05, 3.63) is 95.8 Å². The molecule has 126 valence electrons. The molecule has 5 heteroatoms. The van der Waals surface area contributed by atoms with Crippen molar-refractivity contribution < 1.29 is 9.90 Å². The summed E-state index contributed by atoms with van der Waals surface area (Å²) in [6, 6.07) is 21.7. The highest BCUT2D eigenvalue weighted by Gasteiger charge is 2.33. The number of hydrogen-bond donors (Lipinski definition) is 1. The first-order chi connectivity index (χ1) is 12.7. The SMILES string of the molecule is O=C1C(=Cc2ccccc2O)N=C(c2ccccc2)N1c1ccccn1. The number of carbonyl (C=O) groups is 1. The van der Waals surface area contributed by atoms with Crippen LogP contribution in [0.1, 0.15) is 11.1 Å². The number of anilines is 1. The molecule has 26 heavy (non-hydrogen) atoms.